The van der Waals surface area contributed by atoms with E-state index in [9.17, 15) is 4.39 Å². The summed E-state index contributed by atoms with van der Waals surface area (Å²) in [6.45, 7) is 9.40. The van der Waals surface area contributed by atoms with E-state index in [0.717, 1.165) is 17.7 Å². The van der Waals surface area contributed by atoms with Gasteiger partial charge in [-0.25, -0.2) is 4.39 Å². The highest BCUT2D eigenvalue weighted by atomic mass is 19.1. The maximum atomic E-state index is 14.1. The van der Waals surface area contributed by atoms with Crippen molar-refractivity contribution in [3.05, 3.63) is 59.4 Å². The Bertz CT molecular complexity index is 587. The van der Waals surface area contributed by atoms with Crippen LogP contribution < -0.4 is 5.32 Å². The smallest absolute Gasteiger partial charge is 0.131 e. The third kappa shape index (κ3) is 3.70. The molecule has 1 atom stereocenters. The first-order valence-corrected chi connectivity index (χ1v) is 7.66. The van der Waals surface area contributed by atoms with Gasteiger partial charge >= 0.3 is 0 Å². The maximum Gasteiger partial charge on any atom is 0.131 e. The van der Waals surface area contributed by atoms with E-state index in [1.54, 1.807) is 6.07 Å². The van der Waals surface area contributed by atoms with Crippen LogP contribution in [0.3, 0.4) is 0 Å². The molecule has 21 heavy (non-hydrogen) atoms. The molecule has 0 saturated heterocycles. The summed E-state index contributed by atoms with van der Waals surface area (Å²) in [6.07, 6.45) is 0. The van der Waals surface area contributed by atoms with Gasteiger partial charge in [0.05, 0.1) is 0 Å². The summed E-state index contributed by atoms with van der Waals surface area (Å²) >= 11 is 0. The molecule has 1 unspecified atom stereocenters. The van der Waals surface area contributed by atoms with Crippen LogP contribution in [0.5, 0.6) is 0 Å². The molecule has 0 saturated carbocycles. The number of benzene rings is 2. The van der Waals surface area contributed by atoms with Crippen LogP contribution in [0.4, 0.5) is 4.39 Å². The van der Waals surface area contributed by atoms with Gasteiger partial charge in [-0.05, 0) is 48.2 Å². The van der Waals surface area contributed by atoms with Gasteiger partial charge in [-0.3, -0.25) is 0 Å². The molecule has 112 valence electrons. The van der Waals surface area contributed by atoms with Crippen LogP contribution in [0.15, 0.2) is 42.5 Å². The fraction of sp³-hybridized carbons (Fsp3) is 0.368. The van der Waals surface area contributed by atoms with Gasteiger partial charge in [0.25, 0.3) is 0 Å². The Morgan fingerprint density at radius 2 is 1.57 bits per heavy atom. The zero-order chi connectivity index (χ0) is 15.4. The second-order valence-electron chi connectivity index (χ2n) is 5.80. The second-order valence-corrected chi connectivity index (χ2v) is 5.80. The molecule has 0 aliphatic heterocycles. The topological polar surface area (TPSA) is 12.0 Å². The summed E-state index contributed by atoms with van der Waals surface area (Å²) in [5.41, 5.74) is 3.99. The van der Waals surface area contributed by atoms with E-state index >= 15 is 0 Å². The molecule has 0 radical (unpaired) electrons. The number of nitrogens with one attached hydrogen (secondary N) is 1. The zero-order valence-corrected chi connectivity index (χ0v) is 13.3. The van der Waals surface area contributed by atoms with E-state index in [0.29, 0.717) is 11.5 Å². The Hall–Kier alpha value is -1.67. The predicted molar refractivity (Wildman–Crippen MR) is 88.0 cm³/mol. The lowest BCUT2D eigenvalue weighted by molar-refractivity contribution is 0.593. The molecule has 0 aliphatic carbocycles. The minimum atomic E-state index is -0.167. The highest BCUT2D eigenvalue weighted by molar-refractivity contribution is 5.65. The van der Waals surface area contributed by atoms with Crippen LogP contribution in [0.2, 0.25) is 0 Å². The fourth-order valence-electron chi connectivity index (χ4n) is 2.51. The van der Waals surface area contributed by atoms with Crippen molar-refractivity contribution in [3.8, 4) is 11.1 Å². The first-order valence-electron chi connectivity index (χ1n) is 7.66. The van der Waals surface area contributed by atoms with Crippen molar-refractivity contribution in [3.63, 3.8) is 0 Å². The normalized spacial score (nSPS) is 12.7. The summed E-state index contributed by atoms with van der Waals surface area (Å²) in [5, 5.41) is 3.36. The minimum absolute atomic E-state index is 0.167. The van der Waals surface area contributed by atoms with Crippen LogP contribution in [0.1, 0.15) is 50.8 Å². The Labute approximate surface area is 127 Å². The van der Waals surface area contributed by atoms with Crippen molar-refractivity contribution in [2.24, 2.45) is 0 Å². The summed E-state index contributed by atoms with van der Waals surface area (Å²) in [7, 11) is 0. The molecule has 0 bridgehead atoms. The van der Waals surface area contributed by atoms with Crippen LogP contribution in [-0.2, 0) is 0 Å². The average molecular weight is 285 g/mol. The zero-order valence-electron chi connectivity index (χ0n) is 13.3. The van der Waals surface area contributed by atoms with Gasteiger partial charge < -0.3 is 5.32 Å². The van der Waals surface area contributed by atoms with Gasteiger partial charge in [0.2, 0.25) is 0 Å². The summed E-state index contributed by atoms with van der Waals surface area (Å²) in [5.74, 6) is 0.323. The molecule has 0 spiro atoms. The van der Waals surface area contributed by atoms with Crippen molar-refractivity contribution in [1.29, 1.82) is 0 Å². The molecule has 0 aromatic heterocycles. The standard InChI is InChI=1S/C19H24FN/c1-5-21-14(4)17-10-11-19(20)18(12-17)16-8-6-15(7-9-16)13(2)3/h6-14,21H,5H2,1-4H3. The number of hydrogen-bond donors (Lipinski definition) is 1. The van der Waals surface area contributed by atoms with E-state index in [4.69, 9.17) is 0 Å². The quantitative estimate of drug-likeness (QED) is 0.787. The third-order valence-electron chi connectivity index (χ3n) is 3.89. The monoisotopic (exact) mass is 285 g/mol. The highest BCUT2D eigenvalue weighted by Gasteiger charge is 2.10. The van der Waals surface area contributed by atoms with Crippen LogP contribution >= 0.6 is 0 Å². The molecule has 2 rings (SSSR count). The summed E-state index contributed by atoms with van der Waals surface area (Å²) in [6, 6.07) is 13.8. The van der Waals surface area contributed by atoms with E-state index in [1.807, 2.05) is 24.3 Å². The molecule has 2 aromatic rings. The molecule has 0 fully saturated rings. The average Bonchev–Trinajstić information content (AvgIpc) is 2.48. The molecule has 0 heterocycles. The maximum absolute atomic E-state index is 14.1. The third-order valence-corrected chi connectivity index (χ3v) is 3.89. The van der Waals surface area contributed by atoms with Gasteiger partial charge in [0, 0.05) is 11.6 Å². The summed E-state index contributed by atoms with van der Waals surface area (Å²) in [4.78, 5) is 0. The van der Waals surface area contributed by atoms with E-state index in [-0.39, 0.29) is 11.9 Å². The largest absolute Gasteiger partial charge is 0.310 e. The molecule has 1 nitrogen and oxygen atoms in total. The van der Waals surface area contributed by atoms with Crippen molar-refractivity contribution >= 4 is 0 Å². The second kappa shape index (κ2) is 6.86. The van der Waals surface area contributed by atoms with Crippen LogP contribution in [0, 0.1) is 5.82 Å². The Balaban J connectivity index is 2.36. The van der Waals surface area contributed by atoms with Crippen LogP contribution in [0.25, 0.3) is 11.1 Å². The van der Waals surface area contributed by atoms with E-state index in [2.05, 4.69) is 45.1 Å². The fourth-order valence-corrected chi connectivity index (χ4v) is 2.51. The Morgan fingerprint density at radius 3 is 2.14 bits per heavy atom. The lowest BCUT2D eigenvalue weighted by Crippen LogP contribution is -2.17. The Morgan fingerprint density at radius 1 is 0.952 bits per heavy atom. The van der Waals surface area contributed by atoms with Crippen molar-refractivity contribution in [2.45, 2.75) is 39.7 Å². The first-order chi connectivity index (χ1) is 10.0. The molecule has 0 amide bonds. The predicted octanol–water partition coefficient (Wildman–Crippen LogP) is 5.29. The van der Waals surface area contributed by atoms with Gasteiger partial charge in [0.15, 0.2) is 0 Å². The molecule has 2 aromatic carbocycles. The number of halogens is 1. The molecule has 2 heteroatoms. The van der Waals surface area contributed by atoms with Gasteiger partial charge in [-0.1, -0.05) is 51.1 Å². The first kappa shape index (κ1) is 15.7. The molecule has 1 N–H and O–H groups in total. The van der Waals surface area contributed by atoms with Gasteiger partial charge in [-0.2, -0.15) is 0 Å². The van der Waals surface area contributed by atoms with Crippen molar-refractivity contribution in [1.82, 2.24) is 5.32 Å². The van der Waals surface area contributed by atoms with Gasteiger partial charge in [-0.15, -0.1) is 0 Å². The van der Waals surface area contributed by atoms with Crippen molar-refractivity contribution in [2.75, 3.05) is 6.54 Å². The highest BCUT2D eigenvalue weighted by Crippen LogP contribution is 2.27. The number of rotatable bonds is 5. The minimum Gasteiger partial charge on any atom is -0.310 e. The molecular formula is C19H24FN. The van der Waals surface area contributed by atoms with E-state index in [1.165, 1.54) is 5.56 Å². The van der Waals surface area contributed by atoms with Crippen molar-refractivity contribution < 1.29 is 4.39 Å². The molecular weight excluding hydrogens is 261 g/mol. The molecule has 0 aliphatic rings. The van der Waals surface area contributed by atoms with E-state index < -0.39 is 0 Å². The summed E-state index contributed by atoms with van der Waals surface area (Å²) < 4.78 is 14.1. The van der Waals surface area contributed by atoms with Gasteiger partial charge in [0.1, 0.15) is 5.82 Å². The number of hydrogen-bond acceptors (Lipinski definition) is 1. The lowest BCUT2D eigenvalue weighted by atomic mass is 9.96. The lowest BCUT2D eigenvalue weighted by Gasteiger charge is -2.15. The van der Waals surface area contributed by atoms with Crippen LogP contribution in [-0.4, -0.2) is 6.54 Å². The Kier molecular flexibility index (Phi) is 5.13. The SMILES string of the molecule is CCNC(C)c1ccc(F)c(-c2ccc(C(C)C)cc2)c1.